The molecule has 0 saturated heterocycles. The number of amides is 1. The first-order valence-corrected chi connectivity index (χ1v) is 15.3. The minimum Gasteiger partial charge on any atom is -0.497 e. The fourth-order valence-electron chi connectivity index (χ4n) is 4.60. The van der Waals surface area contributed by atoms with E-state index in [1.165, 1.54) is 64.2 Å². The second kappa shape index (κ2) is 17.6. The van der Waals surface area contributed by atoms with Crippen LogP contribution in [-0.4, -0.2) is 19.6 Å². The molecule has 1 amide bonds. The van der Waals surface area contributed by atoms with Crippen LogP contribution < -0.4 is 19.4 Å². The molecule has 0 aliphatic carbocycles. The summed E-state index contributed by atoms with van der Waals surface area (Å²) in [6, 6.07) is 13.3. The van der Waals surface area contributed by atoms with E-state index in [9.17, 15) is 4.79 Å². The number of hydrogen-bond donors (Lipinski definition) is 1. The number of rotatable bonds is 19. The number of benzene rings is 2. The first-order valence-electron chi connectivity index (χ1n) is 14.3. The van der Waals surface area contributed by atoms with E-state index in [0.717, 1.165) is 18.4 Å². The Labute approximate surface area is 233 Å². The van der Waals surface area contributed by atoms with Crippen LogP contribution in [0.2, 0.25) is 0 Å². The Hall–Kier alpha value is -2.86. The summed E-state index contributed by atoms with van der Waals surface area (Å²) in [6.07, 6.45) is 17.7. The zero-order chi connectivity index (χ0) is 26.8. The van der Waals surface area contributed by atoms with Crippen LogP contribution >= 0.6 is 11.3 Å². The molecule has 0 atom stereocenters. The van der Waals surface area contributed by atoms with Gasteiger partial charge in [-0.1, -0.05) is 107 Å². The number of anilines is 1. The lowest BCUT2D eigenvalue weighted by Crippen LogP contribution is -2.32. The number of methoxy groups -OCH3 is 1. The molecule has 0 radical (unpaired) electrons. The van der Waals surface area contributed by atoms with Crippen molar-refractivity contribution in [3.8, 4) is 11.5 Å². The Morgan fingerprint density at radius 2 is 1.58 bits per heavy atom. The van der Waals surface area contributed by atoms with Crippen LogP contribution in [0.25, 0.3) is 0 Å². The number of aromatic nitrogens is 1. The zero-order valence-corrected chi connectivity index (χ0v) is 24.1. The standard InChI is InChI=1S/C32H44N2O3S/c1-3-4-5-6-7-8-9-10-11-12-13-16-22-37-31-24-28(36-2)19-20-30(31)33-32(35)29-18-15-14-17-27(29)25-34-21-23-38-26-34/h14-15,17-21,23-24,26H,3-13,16,22,25H2,1-2H3/p+1. The van der Waals surface area contributed by atoms with Gasteiger partial charge in [0.05, 0.1) is 24.8 Å². The molecule has 3 aromatic rings. The zero-order valence-electron chi connectivity index (χ0n) is 23.3. The number of hydrogen-bond acceptors (Lipinski definition) is 4. The molecule has 1 aromatic heterocycles. The van der Waals surface area contributed by atoms with Crippen LogP contribution in [0.3, 0.4) is 0 Å². The molecule has 38 heavy (non-hydrogen) atoms. The summed E-state index contributed by atoms with van der Waals surface area (Å²) in [5.41, 5.74) is 4.34. The second-order valence-corrected chi connectivity index (χ2v) is 10.7. The predicted molar refractivity (Wildman–Crippen MR) is 158 cm³/mol. The second-order valence-electron chi connectivity index (χ2n) is 9.91. The summed E-state index contributed by atoms with van der Waals surface area (Å²) in [5.74, 6) is 1.21. The van der Waals surface area contributed by atoms with Gasteiger partial charge in [-0.15, -0.1) is 0 Å². The maximum atomic E-state index is 13.3. The van der Waals surface area contributed by atoms with Crippen LogP contribution in [-0.2, 0) is 6.54 Å². The SMILES string of the molecule is CCCCCCCCCCCCCCOc1cc(OC)ccc1NC(=O)c1ccccc1C[n+]1ccsc1. The summed E-state index contributed by atoms with van der Waals surface area (Å²) >= 11 is 1.63. The summed E-state index contributed by atoms with van der Waals surface area (Å²) in [4.78, 5) is 13.3. The lowest BCUT2D eigenvalue weighted by atomic mass is 10.1. The van der Waals surface area contributed by atoms with Gasteiger partial charge in [0.25, 0.3) is 5.91 Å². The van der Waals surface area contributed by atoms with Gasteiger partial charge in [0.2, 0.25) is 5.51 Å². The number of carbonyl (C=O) groups is 1. The van der Waals surface area contributed by atoms with E-state index < -0.39 is 0 Å². The summed E-state index contributed by atoms with van der Waals surface area (Å²) < 4.78 is 13.6. The van der Waals surface area contributed by atoms with Crippen LogP contribution in [0.1, 0.15) is 99.9 Å². The fourth-order valence-corrected chi connectivity index (χ4v) is 5.19. The van der Waals surface area contributed by atoms with E-state index in [1.807, 2.05) is 59.6 Å². The lowest BCUT2D eigenvalue weighted by Gasteiger charge is -2.15. The Morgan fingerprint density at radius 1 is 0.895 bits per heavy atom. The number of nitrogens with one attached hydrogen (secondary N) is 1. The van der Waals surface area contributed by atoms with E-state index in [2.05, 4.69) is 16.8 Å². The molecular weight excluding hydrogens is 492 g/mol. The Morgan fingerprint density at radius 3 is 2.24 bits per heavy atom. The summed E-state index contributed by atoms with van der Waals surface area (Å²) in [5, 5.41) is 5.10. The highest BCUT2D eigenvalue weighted by atomic mass is 32.1. The molecule has 0 spiro atoms. The number of thiazole rings is 1. The number of carbonyl (C=O) groups excluding carboxylic acids is 1. The Bertz CT molecular complexity index is 1070. The van der Waals surface area contributed by atoms with Gasteiger partial charge in [-0.05, 0) is 24.6 Å². The van der Waals surface area contributed by atoms with E-state index >= 15 is 0 Å². The summed E-state index contributed by atoms with van der Waals surface area (Å²) in [6.45, 7) is 3.55. The molecule has 2 aromatic carbocycles. The maximum absolute atomic E-state index is 13.3. The summed E-state index contributed by atoms with van der Waals surface area (Å²) in [7, 11) is 1.64. The van der Waals surface area contributed by atoms with Crippen LogP contribution in [0.4, 0.5) is 5.69 Å². The molecule has 5 nitrogen and oxygen atoms in total. The normalized spacial score (nSPS) is 10.9. The van der Waals surface area contributed by atoms with E-state index in [4.69, 9.17) is 9.47 Å². The monoisotopic (exact) mass is 537 g/mol. The third-order valence-electron chi connectivity index (χ3n) is 6.83. The Balaban J connectivity index is 1.44. The van der Waals surface area contributed by atoms with Gasteiger partial charge in [0, 0.05) is 17.2 Å². The van der Waals surface area contributed by atoms with Crippen molar-refractivity contribution in [2.24, 2.45) is 0 Å². The van der Waals surface area contributed by atoms with Gasteiger partial charge >= 0.3 is 0 Å². The molecule has 206 valence electrons. The highest BCUT2D eigenvalue weighted by molar-refractivity contribution is 7.07. The molecule has 0 bridgehead atoms. The molecule has 0 fully saturated rings. The van der Waals surface area contributed by atoms with E-state index in [-0.39, 0.29) is 5.91 Å². The topological polar surface area (TPSA) is 51.4 Å². The van der Waals surface area contributed by atoms with Gasteiger partial charge in [-0.2, -0.15) is 4.57 Å². The average molecular weight is 538 g/mol. The van der Waals surface area contributed by atoms with Crippen molar-refractivity contribution in [1.29, 1.82) is 0 Å². The molecule has 0 aliphatic heterocycles. The third kappa shape index (κ3) is 10.5. The van der Waals surface area contributed by atoms with Crippen molar-refractivity contribution in [3.05, 3.63) is 70.7 Å². The molecule has 3 rings (SSSR count). The van der Waals surface area contributed by atoms with Gasteiger partial charge in [-0.25, -0.2) is 0 Å². The van der Waals surface area contributed by atoms with Gasteiger partial charge < -0.3 is 14.8 Å². The van der Waals surface area contributed by atoms with Crippen molar-refractivity contribution >= 4 is 22.9 Å². The highest BCUT2D eigenvalue weighted by Gasteiger charge is 2.17. The molecule has 0 saturated carbocycles. The molecule has 6 heteroatoms. The van der Waals surface area contributed by atoms with E-state index in [0.29, 0.717) is 35.9 Å². The lowest BCUT2D eigenvalue weighted by molar-refractivity contribution is -0.683. The van der Waals surface area contributed by atoms with Crippen LogP contribution in [0, 0.1) is 0 Å². The van der Waals surface area contributed by atoms with Crippen molar-refractivity contribution in [2.75, 3.05) is 19.0 Å². The molecule has 1 N–H and O–H groups in total. The van der Waals surface area contributed by atoms with Gasteiger partial charge in [0.1, 0.15) is 11.5 Å². The third-order valence-corrected chi connectivity index (χ3v) is 7.51. The highest BCUT2D eigenvalue weighted by Crippen LogP contribution is 2.30. The predicted octanol–water partition coefficient (Wildman–Crippen LogP) is 8.42. The number of unbranched alkanes of at least 4 members (excludes halogenated alkanes) is 11. The molecule has 1 heterocycles. The van der Waals surface area contributed by atoms with Crippen molar-refractivity contribution in [2.45, 2.75) is 90.5 Å². The minimum absolute atomic E-state index is 0.142. The average Bonchev–Trinajstić information content (AvgIpc) is 3.45. The van der Waals surface area contributed by atoms with Gasteiger partial charge in [0.15, 0.2) is 12.7 Å². The van der Waals surface area contributed by atoms with Crippen LogP contribution in [0.15, 0.2) is 59.6 Å². The molecular formula is C32H45N2O3S+. The van der Waals surface area contributed by atoms with Crippen LogP contribution in [0.5, 0.6) is 11.5 Å². The maximum Gasteiger partial charge on any atom is 0.256 e. The minimum atomic E-state index is -0.142. The first kappa shape index (κ1) is 29.7. The molecule has 0 unspecified atom stereocenters. The van der Waals surface area contributed by atoms with Crippen molar-refractivity contribution in [3.63, 3.8) is 0 Å². The van der Waals surface area contributed by atoms with Gasteiger partial charge in [-0.3, -0.25) is 4.79 Å². The largest absolute Gasteiger partial charge is 0.497 e. The number of ether oxygens (including phenoxy) is 2. The molecule has 0 aliphatic rings. The van der Waals surface area contributed by atoms with Crippen molar-refractivity contribution in [1.82, 2.24) is 0 Å². The fraction of sp³-hybridized carbons (Fsp3) is 0.500. The first-order chi connectivity index (χ1) is 18.7. The quantitative estimate of drug-likeness (QED) is 0.123. The Kier molecular flexibility index (Phi) is 13.8. The van der Waals surface area contributed by atoms with E-state index in [1.54, 1.807) is 18.4 Å². The van der Waals surface area contributed by atoms with Crippen molar-refractivity contribution < 1.29 is 18.8 Å². The number of nitrogens with zero attached hydrogens (tertiary/aromatic N) is 1. The smallest absolute Gasteiger partial charge is 0.256 e.